The molecule has 3 atom stereocenters. The lowest BCUT2D eigenvalue weighted by Crippen LogP contribution is -2.53. The van der Waals surface area contributed by atoms with Crippen LogP contribution in [0.2, 0.25) is 0 Å². The third-order valence-electron chi connectivity index (χ3n) is 5.06. The van der Waals surface area contributed by atoms with Gasteiger partial charge in [-0.2, -0.15) is 0 Å². The molecule has 4 rings (SSSR count). The minimum atomic E-state index is -0.00393. The lowest BCUT2D eigenvalue weighted by molar-refractivity contribution is -0.102. The molecule has 1 aromatic carbocycles. The summed E-state index contributed by atoms with van der Waals surface area (Å²) in [6.45, 7) is 3.89. The van der Waals surface area contributed by atoms with E-state index in [0.717, 1.165) is 29.3 Å². The van der Waals surface area contributed by atoms with Crippen molar-refractivity contribution in [3.63, 3.8) is 0 Å². The smallest absolute Gasteiger partial charge is 0.255 e. The fraction of sp³-hybridized carbons (Fsp3) is 0.474. The molecule has 1 saturated heterocycles. The third kappa shape index (κ3) is 2.58. The number of morpholine rings is 1. The second-order valence-corrected chi connectivity index (χ2v) is 6.35. The first-order chi connectivity index (χ1) is 11.8. The molecule has 24 heavy (non-hydrogen) atoms. The summed E-state index contributed by atoms with van der Waals surface area (Å²) in [5.41, 5.74) is 1.58. The Morgan fingerprint density at radius 1 is 1.33 bits per heavy atom. The van der Waals surface area contributed by atoms with Crippen LogP contribution in [0.4, 0.5) is 0 Å². The van der Waals surface area contributed by atoms with E-state index < -0.39 is 0 Å². The predicted molar refractivity (Wildman–Crippen MR) is 91.0 cm³/mol. The van der Waals surface area contributed by atoms with Gasteiger partial charge in [-0.15, -0.1) is 0 Å². The molecule has 2 heterocycles. The van der Waals surface area contributed by atoms with Crippen LogP contribution in [0.25, 0.3) is 10.9 Å². The molecule has 1 amide bonds. The molecule has 1 aliphatic carbocycles. The van der Waals surface area contributed by atoms with E-state index >= 15 is 0 Å². The van der Waals surface area contributed by atoms with E-state index in [-0.39, 0.29) is 24.2 Å². The van der Waals surface area contributed by atoms with Crippen molar-refractivity contribution < 1.29 is 14.3 Å². The minimum absolute atomic E-state index is 0.00393. The van der Waals surface area contributed by atoms with E-state index in [1.54, 1.807) is 6.20 Å². The number of para-hydroxylation sites is 1. The van der Waals surface area contributed by atoms with Gasteiger partial charge in [0.1, 0.15) is 6.10 Å². The summed E-state index contributed by atoms with van der Waals surface area (Å²) >= 11 is 0. The second-order valence-electron chi connectivity index (χ2n) is 6.35. The van der Waals surface area contributed by atoms with Crippen LogP contribution in [-0.2, 0) is 9.47 Å². The highest BCUT2D eigenvalue weighted by atomic mass is 16.5. The van der Waals surface area contributed by atoms with Gasteiger partial charge in [0.2, 0.25) is 0 Å². The Hall–Kier alpha value is -1.98. The molecule has 1 saturated carbocycles. The van der Waals surface area contributed by atoms with Crippen LogP contribution in [0, 0.1) is 0 Å². The van der Waals surface area contributed by atoms with Crippen LogP contribution in [0.1, 0.15) is 30.1 Å². The Kier molecular flexibility index (Phi) is 4.21. The maximum Gasteiger partial charge on any atom is 0.255 e. The molecule has 5 heteroatoms. The molecule has 1 aromatic heterocycles. The van der Waals surface area contributed by atoms with Crippen molar-refractivity contribution in [1.29, 1.82) is 0 Å². The number of hydrogen-bond acceptors (Lipinski definition) is 4. The molecule has 5 nitrogen and oxygen atoms in total. The van der Waals surface area contributed by atoms with Crippen molar-refractivity contribution in [3.05, 3.63) is 42.1 Å². The van der Waals surface area contributed by atoms with E-state index in [1.165, 1.54) is 0 Å². The van der Waals surface area contributed by atoms with Crippen LogP contribution in [-0.4, -0.2) is 53.8 Å². The number of amides is 1. The molecule has 1 aliphatic heterocycles. The van der Waals surface area contributed by atoms with Crippen molar-refractivity contribution in [1.82, 2.24) is 9.88 Å². The summed E-state index contributed by atoms with van der Waals surface area (Å²) in [5.74, 6) is 0.0732. The Morgan fingerprint density at radius 3 is 3.08 bits per heavy atom. The van der Waals surface area contributed by atoms with Gasteiger partial charge in [0.05, 0.1) is 29.8 Å². The zero-order valence-electron chi connectivity index (χ0n) is 13.9. The molecule has 0 radical (unpaired) electrons. The lowest BCUT2D eigenvalue weighted by Gasteiger charge is -2.39. The Bertz CT molecular complexity index is 743. The largest absolute Gasteiger partial charge is 0.376 e. The number of benzene rings is 1. The van der Waals surface area contributed by atoms with Gasteiger partial charge in [-0.1, -0.05) is 18.2 Å². The van der Waals surface area contributed by atoms with E-state index in [1.807, 2.05) is 42.2 Å². The number of rotatable bonds is 3. The summed E-state index contributed by atoms with van der Waals surface area (Å²) in [4.78, 5) is 19.6. The number of fused-ring (bicyclic) bond motifs is 2. The fourth-order valence-electron chi connectivity index (χ4n) is 4.00. The minimum Gasteiger partial charge on any atom is -0.376 e. The summed E-state index contributed by atoms with van der Waals surface area (Å²) in [6, 6.07) is 9.72. The molecule has 2 fully saturated rings. The number of hydrogen-bond donors (Lipinski definition) is 0. The zero-order chi connectivity index (χ0) is 16.5. The highest BCUT2D eigenvalue weighted by Gasteiger charge is 2.45. The van der Waals surface area contributed by atoms with Crippen molar-refractivity contribution >= 4 is 16.8 Å². The van der Waals surface area contributed by atoms with Crippen molar-refractivity contribution in [2.24, 2.45) is 0 Å². The molecule has 0 N–H and O–H groups in total. The van der Waals surface area contributed by atoms with Gasteiger partial charge in [0, 0.05) is 24.7 Å². The first kappa shape index (κ1) is 15.5. The highest BCUT2D eigenvalue weighted by Crippen LogP contribution is 2.33. The molecule has 0 unspecified atom stereocenters. The summed E-state index contributed by atoms with van der Waals surface area (Å²) < 4.78 is 11.7. The Labute approximate surface area is 141 Å². The Balaban J connectivity index is 1.64. The van der Waals surface area contributed by atoms with E-state index in [9.17, 15) is 4.79 Å². The average molecular weight is 326 g/mol. The van der Waals surface area contributed by atoms with Crippen molar-refractivity contribution in [2.45, 2.75) is 38.0 Å². The van der Waals surface area contributed by atoms with Gasteiger partial charge in [-0.05, 0) is 31.9 Å². The van der Waals surface area contributed by atoms with Crippen LogP contribution in [0.15, 0.2) is 36.5 Å². The number of ether oxygens (including phenoxy) is 2. The second kappa shape index (κ2) is 6.49. The van der Waals surface area contributed by atoms with Gasteiger partial charge >= 0.3 is 0 Å². The van der Waals surface area contributed by atoms with Gasteiger partial charge in [-0.3, -0.25) is 9.78 Å². The molecule has 2 aliphatic rings. The molecule has 0 bridgehead atoms. The summed E-state index contributed by atoms with van der Waals surface area (Å²) in [5, 5.41) is 0.910. The quantitative estimate of drug-likeness (QED) is 0.870. The van der Waals surface area contributed by atoms with E-state index in [2.05, 4.69) is 4.98 Å². The molecule has 0 spiro atoms. The first-order valence-corrected chi connectivity index (χ1v) is 8.67. The monoisotopic (exact) mass is 326 g/mol. The maximum absolute atomic E-state index is 13.2. The molecule has 2 aromatic rings. The van der Waals surface area contributed by atoms with Crippen LogP contribution >= 0.6 is 0 Å². The number of pyridine rings is 1. The van der Waals surface area contributed by atoms with E-state index in [0.29, 0.717) is 19.8 Å². The van der Waals surface area contributed by atoms with Crippen LogP contribution in [0.3, 0.4) is 0 Å². The standard InChI is InChI=1S/C19H22N2O3/c1-2-23-17-8-7-16-18(17)24-12-11-21(16)19(22)14-9-10-20-15-6-4-3-5-13(14)15/h3-6,9-10,16-18H,2,7-8,11-12H2,1H3/t16-,17-,18+/m0/s1. The summed E-state index contributed by atoms with van der Waals surface area (Å²) in [7, 11) is 0. The van der Waals surface area contributed by atoms with Gasteiger partial charge in [-0.25, -0.2) is 0 Å². The normalized spacial score (nSPS) is 26.5. The topological polar surface area (TPSA) is 51.7 Å². The lowest BCUT2D eigenvalue weighted by atomic mass is 10.0. The van der Waals surface area contributed by atoms with Crippen LogP contribution < -0.4 is 0 Å². The first-order valence-electron chi connectivity index (χ1n) is 8.67. The number of carbonyl (C=O) groups excluding carboxylic acids is 1. The maximum atomic E-state index is 13.2. The Morgan fingerprint density at radius 2 is 2.21 bits per heavy atom. The predicted octanol–water partition coefficient (Wildman–Crippen LogP) is 2.64. The van der Waals surface area contributed by atoms with Gasteiger partial charge in [0.25, 0.3) is 5.91 Å². The molecular formula is C19H22N2O3. The van der Waals surface area contributed by atoms with Gasteiger partial charge < -0.3 is 14.4 Å². The van der Waals surface area contributed by atoms with E-state index in [4.69, 9.17) is 9.47 Å². The zero-order valence-corrected chi connectivity index (χ0v) is 13.9. The molecular weight excluding hydrogens is 304 g/mol. The molecule has 126 valence electrons. The third-order valence-corrected chi connectivity index (χ3v) is 5.06. The van der Waals surface area contributed by atoms with Crippen molar-refractivity contribution in [3.8, 4) is 0 Å². The average Bonchev–Trinajstić information content (AvgIpc) is 3.04. The number of aromatic nitrogens is 1. The number of carbonyl (C=O) groups is 1. The number of nitrogens with zero attached hydrogens (tertiary/aromatic N) is 2. The van der Waals surface area contributed by atoms with Crippen LogP contribution in [0.5, 0.6) is 0 Å². The van der Waals surface area contributed by atoms with Crippen molar-refractivity contribution in [2.75, 3.05) is 19.8 Å². The van der Waals surface area contributed by atoms with Gasteiger partial charge in [0.15, 0.2) is 0 Å². The SMILES string of the molecule is CCO[C@H]1CC[C@H]2[C@H]1OCCN2C(=O)c1ccnc2ccccc12. The fourth-order valence-corrected chi connectivity index (χ4v) is 4.00. The highest BCUT2D eigenvalue weighted by molar-refractivity contribution is 6.06. The summed E-state index contributed by atoms with van der Waals surface area (Å²) in [6.07, 6.45) is 3.69.